The lowest BCUT2D eigenvalue weighted by Gasteiger charge is -2.16. The van der Waals surface area contributed by atoms with Crippen molar-refractivity contribution in [3.63, 3.8) is 0 Å². The zero-order chi connectivity index (χ0) is 15.3. The van der Waals surface area contributed by atoms with Crippen molar-refractivity contribution in [3.8, 4) is 0 Å². The van der Waals surface area contributed by atoms with E-state index in [1.165, 1.54) is 11.3 Å². The van der Waals surface area contributed by atoms with Gasteiger partial charge in [-0.25, -0.2) is 9.78 Å². The highest BCUT2D eigenvalue weighted by atomic mass is 32.1. The van der Waals surface area contributed by atoms with Crippen LogP contribution in [0.3, 0.4) is 0 Å². The van der Waals surface area contributed by atoms with Gasteiger partial charge in [0.25, 0.3) is 0 Å². The molecule has 0 radical (unpaired) electrons. The van der Waals surface area contributed by atoms with Gasteiger partial charge in [-0.05, 0) is 26.2 Å². The van der Waals surface area contributed by atoms with Gasteiger partial charge in [0.05, 0.1) is 18.4 Å². The molecule has 1 rings (SSSR count). The molecular weight excluding hydrogens is 276 g/mol. The number of hydrogen-bond acceptors (Lipinski definition) is 5. The van der Waals surface area contributed by atoms with Crippen LogP contribution in [0.5, 0.6) is 0 Å². The van der Waals surface area contributed by atoms with Gasteiger partial charge in [0, 0.05) is 13.6 Å². The van der Waals surface area contributed by atoms with Crippen LogP contribution in [-0.2, 0) is 4.74 Å². The maximum Gasteiger partial charge on any atom is 0.347 e. The lowest BCUT2D eigenvalue weighted by Crippen LogP contribution is -2.23. The van der Waals surface area contributed by atoms with Crippen molar-refractivity contribution in [3.05, 3.63) is 10.6 Å². The zero-order valence-electron chi connectivity index (χ0n) is 12.8. The highest BCUT2D eigenvalue weighted by molar-refractivity contribution is 7.17. The fourth-order valence-electron chi connectivity index (χ4n) is 1.69. The van der Waals surface area contributed by atoms with Crippen LogP contribution >= 0.6 is 11.3 Å². The third-order valence-electron chi connectivity index (χ3n) is 3.12. The van der Waals surface area contributed by atoms with Gasteiger partial charge in [-0.15, -0.1) is 0 Å². The summed E-state index contributed by atoms with van der Waals surface area (Å²) in [6.45, 7) is 9.34. The van der Waals surface area contributed by atoms with E-state index in [0.29, 0.717) is 23.7 Å². The van der Waals surface area contributed by atoms with Crippen LogP contribution in [0.25, 0.3) is 0 Å². The monoisotopic (exact) mass is 300 g/mol. The zero-order valence-corrected chi connectivity index (χ0v) is 13.7. The molecule has 0 saturated heterocycles. The molecule has 114 valence electrons. The summed E-state index contributed by atoms with van der Waals surface area (Å²) in [5, 5.41) is 10.0. The predicted octanol–water partition coefficient (Wildman–Crippen LogP) is 3.22. The molecule has 1 atom stereocenters. The topological polar surface area (TPSA) is 62.7 Å². The summed E-state index contributed by atoms with van der Waals surface area (Å²) in [6, 6.07) is 0. The first-order chi connectivity index (χ1) is 9.36. The Labute approximate surface area is 124 Å². The SMILES string of the molecule is CCC(C)c1nc(N(C)CCOC(C)C)sc1C(=O)O. The molecule has 20 heavy (non-hydrogen) atoms. The Bertz CT molecular complexity index is 446. The standard InChI is InChI=1S/C14H24N2O3S/c1-6-10(4)11-12(13(17)18)20-14(15-11)16(5)7-8-19-9(2)3/h9-10H,6-8H2,1-5H3,(H,17,18). The van der Waals surface area contributed by atoms with Crippen LogP contribution in [0.1, 0.15) is 55.4 Å². The highest BCUT2D eigenvalue weighted by Gasteiger charge is 2.22. The van der Waals surface area contributed by atoms with Gasteiger partial charge in [-0.1, -0.05) is 25.2 Å². The third kappa shape index (κ3) is 4.45. The molecule has 0 aromatic carbocycles. The number of aromatic nitrogens is 1. The number of anilines is 1. The van der Waals surface area contributed by atoms with E-state index in [4.69, 9.17) is 4.74 Å². The molecule has 0 aliphatic carbocycles. The number of carboxylic acids is 1. The van der Waals surface area contributed by atoms with Gasteiger partial charge < -0.3 is 14.7 Å². The van der Waals surface area contributed by atoms with Gasteiger partial charge >= 0.3 is 5.97 Å². The van der Waals surface area contributed by atoms with Crippen molar-refractivity contribution in [1.29, 1.82) is 0 Å². The average Bonchev–Trinajstić information content (AvgIpc) is 2.82. The summed E-state index contributed by atoms with van der Waals surface area (Å²) in [6.07, 6.45) is 1.08. The first-order valence-corrected chi connectivity index (χ1v) is 7.75. The van der Waals surface area contributed by atoms with Crippen molar-refractivity contribution in [2.45, 2.75) is 46.1 Å². The van der Waals surface area contributed by atoms with Crippen molar-refractivity contribution in [2.75, 3.05) is 25.1 Å². The number of carboxylic acid groups (broad SMARTS) is 1. The van der Waals surface area contributed by atoms with Gasteiger partial charge in [-0.3, -0.25) is 0 Å². The molecule has 1 aromatic rings. The summed E-state index contributed by atoms with van der Waals surface area (Å²) >= 11 is 1.24. The molecule has 0 saturated carbocycles. The van der Waals surface area contributed by atoms with Crippen LogP contribution < -0.4 is 4.90 Å². The van der Waals surface area contributed by atoms with E-state index in [1.807, 2.05) is 39.6 Å². The van der Waals surface area contributed by atoms with Gasteiger partial charge in [0.1, 0.15) is 4.88 Å². The van der Waals surface area contributed by atoms with Gasteiger partial charge in [-0.2, -0.15) is 0 Å². The maximum atomic E-state index is 11.3. The summed E-state index contributed by atoms with van der Waals surface area (Å²) in [7, 11) is 1.91. The third-order valence-corrected chi connectivity index (χ3v) is 4.29. The second-order valence-electron chi connectivity index (χ2n) is 5.17. The lowest BCUT2D eigenvalue weighted by molar-refractivity contribution is 0.0700. The molecule has 0 aliphatic heterocycles. The largest absolute Gasteiger partial charge is 0.477 e. The van der Waals surface area contributed by atoms with E-state index < -0.39 is 5.97 Å². The smallest absolute Gasteiger partial charge is 0.347 e. The van der Waals surface area contributed by atoms with Crippen LogP contribution in [-0.4, -0.2) is 42.4 Å². The van der Waals surface area contributed by atoms with Crippen LogP contribution in [0.2, 0.25) is 0 Å². The van der Waals surface area contributed by atoms with Crippen molar-refractivity contribution >= 4 is 22.4 Å². The predicted molar refractivity (Wildman–Crippen MR) is 82.1 cm³/mol. The molecular formula is C14H24N2O3S. The molecule has 0 amide bonds. The number of aromatic carboxylic acids is 1. The molecule has 1 N–H and O–H groups in total. The number of thiazole rings is 1. The van der Waals surface area contributed by atoms with Crippen LogP contribution in [0.4, 0.5) is 5.13 Å². The Morgan fingerprint density at radius 3 is 2.60 bits per heavy atom. The first-order valence-electron chi connectivity index (χ1n) is 6.93. The van der Waals surface area contributed by atoms with Gasteiger partial charge in [0.15, 0.2) is 5.13 Å². The molecule has 1 aromatic heterocycles. The summed E-state index contributed by atoms with van der Waals surface area (Å²) in [5.74, 6) is -0.734. The first kappa shape index (κ1) is 16.9. The molecule has 1 unspecified atom stereocenters. The van der Waals surface area contributed by atoms with Crippen LogP contribution in [0, 0.1) is 0 Å². The minimum absolute atomic E-state index is 0.159. The Morgan fingerprint density at radius 1 is 1.45 bits per heavy atom. The number of hydrogen-bond donors (Lipinski definition) is 1. The molecule has 1 heterocycles. The van der Waals surface area contributed by atoms with E-state index in [2.05, 4.69) is 4.98 Å². The number of carbonyl (C=O) groups is 1. The Balaban J connectivity index is 2.82. The van der Waals surface area contributed by atoms with Crippen molar-refractivity contribution in [1.82, 2.24) is 4.98 Å². The average molecular weight is 300 g/mol. The molecule has 6 heteroatoms. The Kier molecular flexibility index (Phi) is 6.42. The normalized spacial score (nSPS) is 12.7. The van der Waals surface area contributed by atoms with E-state index >= 15 is 0 Å². The summed E-state index contributed by atoms with van der Waals surface area (Å²) in [5.41, 5.74) is 0.691. The molecule has 0 bridgehead atoms. The van der Waals surface area contributed by atoms with Crippen molar-refractivity contribution in [2.24, 2.45) is 0 Å². The minimum Gasteiger partial charge on any atom is -0.477 e. The lowest BCUT2D eigenvalue weighted by atomic mass is 10.0. The minimum atomic E-state index is -0.893. The summed E-state index contributed by atoms with van der Waals surface area (Å²) < 4.78 is 5.51. The maximum absolute atomic E-state index is 11.3. The Morgan fingerprint density at radius 2 is 2.10 bits per heavy atom. The molecule has 0 aliphatic rings. The molecule has 5 nitrogen and oxygen atoms in total. The fraction of sp³-hybridized carbons (Fsp3) is 0.714. The number of nitrogens with zero attached hydrogens (tertiary/aromatic N) is 2. The molecule has 0 spiro atoms. The van der Waals surface area contributed by atoms with Crippen LogP contribution in [0.15, 0.2) is 0 Å². The fourth-order valence-corrected chi connectivity index (χ4v) is 2.70. The second-order valence-corrected chi connectivity index (χ2v) is 6.14. The quantitative estimate of drug-likeness (QED) is 0.798. The van der Waals surface area contributed by atoms with E-state index in [0.717, 1.165) is 11.6 Å². The van der Waals surface area contributed by atoms with E-state index in [9.17, 15) is 9.90 Å². The molecule has 0 fully saturated rings. The highest BCUT2D eigenvalue weighted by Crippen LogP contribution is 2.31. The number of ether oxygens (including phenoxy) is 1. The van der Waals surface area contributed by atoms with Gasteiger partial charge in [0.2, 0.25) is 0 Å². The van der Waals surface area contributed by atoms with E-state index in [-0.39, 0.29) is 12.0 Å². The van der Waals surface area contributed by atoms with E-state index in [1.54, 1.807) is 0 Å². The number of rotatable bonds is 8. The Hall–Kier alpha value is -1.14. The summed E-state index contributed by atoms with van der Waals surface area (Å²) in [4.78, 5) is 18.1. The number of likely N-dealkylation sites (N-methyl/N-ethyl adjacent to an activating group) is 1. The van der Waals surface area contributed by atoms with Crippen molar-refractivity contribution < 1.29 is 14.6 Å². The second kappa shape index (κ2) is 7.59.